The van der Waals surface area contributed by atoms with Crippen molar-refractivity contribution in [3.05, 3.63) is 65.3 Å². The van der Waals surface area contributed by atoms with E-state index in [4.69, 9.17) is 16.6 Å². The Morgan fingerprint density at radius 2 is 1.73 bits per heavy atom. The number of nitrogens with zero attached hydrogens (tertiary/aromatic N) is 3. The summed E-state index contributed by atoms with van der Waals surface area (Å²) in [6.07, 6.45) is 0. The first-order valence-corrected chi connectivity index (χ1v) is 9.07. The maximum Gasteiger partial charge on any atom is 0.292 e. The molecule has 4 rings (SSSR count). The van der Waals surface area contributed by atoms with Crippen molar-refractivity contribution in [2.75, 3.05) is 31.1 Å². The molecule has 1 fully saturated rings. The van der Waals surface area contributed by atoms with E-state index in [1.807, 2.05) is 42.5 Å². The molecular weight excluding hydrogens is 351 g/mol. The molecule has 1 aromatic heterocycles. The molecule has 0 spiro atoms. The third kappa shape index (κ3) is 3.68. The zero-order valence-corrected chi connectivity index (χ0v) is 15.1. The van der Waals surface area contributed by atoms with Gasteiger partial charge in [0.05, 0.1) is 26.2 Å². The summed E-state index contributed by atoms with van der Waals surface area (Å²) in [6, 6.07) is 16.5. The van der Waals surface area contributed by atoms with Crippen LogP contribution in [0.25, 0.3) is 11.5 Å². The van der Waals surface area contributed by atoms with Gasteiger partial charge in [-0.05, 0) is 48.6 Å². The van der Waals surface area contributed by atoms with Crippen LogP contribution in [-0.2, 0) is 6.67 Å². The molecule has 1 saturated heterocycles. The summed E-state index contributed by atoms with van der Waals surface area (Å²) >= 11 is 5.33. The predicted octanol–water partition coefficient (Wildman–Crippen LogP) is 2.37. The zero-order chi connectivity index (χ0) is 17.9. The molecule has 7 heteroatoms. The third-order valence-electron chi connectivity index (χ3n) is 4.66. The number of nitrogens with one attached hydrogen (secondary N) is 1. The molecule has 0 aliphatic carbocycles. The second-order valence-electron chi connectivity index (χ2n) is 6.41. The quantitative estimate of drug-likeness (QED) is 0.715. The molecule has 0 atom stereocenters. The van der Waals surface area contributed by atoms with E-state index in [0.717, 1.165) is 37.4 Å². The topological polar surface area (TPSA) is 38.6 Å². The molecule has 26 heavy (non-hydrogen) atoms. The van der Waals surface area contributed by atoms with Crippen LogP contribution < -0.4 is 9.80 Å². The lowest BCUT2D eigenvalue weighted by Gasteiger charge is -2.33. The van der Waals surface area contributed by atoms with Crippen molar-refractivity contribution in [1.82, 2.24) is 9.78 Å². The van der Waals surface area contributed by atoms with Crippen molar-refractivity contribution in [2.24, 2.45) is 0 Å². The monoisotopic (exact) mass is 371 g/mol. The minimum Gasteiger partial charge on any atom is -0.409 e. The standard InChI is InChI=1S/C19H19FN4OS/c20-16-6-8-17(9-7-16)23-12-10-22(11-13-23)14-24-19(26)25-18(21-24)15-4-2-1-3-5-15/h1-9H,10-14H2/p+1. The number of aromatic nitrogens is 2. The van der Waals surface area contributed by atoms with E-state index in [-0.39, 0.29) is 5.82 Å². The van der Waals surface area contributed by atoms with Crippen molar-refractivity contribution >= 4 is 17.9 Å². The second kappa shape index (κ2) is 7.39. The molecule has 1 N–H and O–H groups in total. The lowest BCUT2D eigenvalue weighted by molar-refractivity contribution is -0.924. The number of benzene rings is 2. The van der Waals surface area contributed by atoms with Crippen molar-refractivity contribution in [1.29, 1.82) is 0 Å². The first kappa shape index (κ1) is 16.9. The molecule has 5 nitrogen and oxygen atoms in total. The first-order valence-electron chi connectivity index (χ1n) is 8.66. The summed E-state index contributed by atoms with van der Waals surface area (Å²) in [7, 11) is 0. The Hall–Kier alpha value is -2.51. The van der Waals surface area contributed by atoms with Gasteiger partial charge in [-0.1, -0.05) is 18.2 Å². The molecule has 2 aromatic carbocycles. The third-order valence-corrected chi connectivity index (χ3v) is 4.96. The van der Waals surface area contributed by atoms with Crippen LogP contribution >= 0.6 is 12.2 Å². The van der Waals surface area contributed by atoms with E-state index in [2.05, 4.69) is 10.00 Å². The highest BCUT2D eigenvalue weighted by Gasteiger charge is 2.21. The number of hydrogen-bond acceptors (Lipinski definition) is 4. The first-order chi connectivity index (χ1) is 12.7. The van der Waals surface area contributed by atoms with E-state index in [0.29, 0.717) is 17.4 Å². The van der Waals surface area contributed by atoms with Gasteiger partial charge in [0.15, 0.2) is 6.67 Å². The minimum atomic E-state index is -0.201. The van der Waals surface area contributed by atoms with Gasteiger partial charge in [-0.3, -0.25) is 0 Å². The average molecular weight is 371 g/mol. The molecule has 0 bridgehead atoms. The highest BCUT2D eigenvalue weighted by Crippen LogP contribution is 2.17. The number of piperazine rings is 1. The smallest absolute Gasteiger partial charge is 0.292 e. The van der Waals surface area contributed by atoms with Crippen molar-refractivity contribution < 1.29 is 13.7 Å². The van der Waals surface area contributed by atoms with Gasteiger partial charge in [0.1, 0.15) is 5.82 Å². The molecule has 0 saturated carbocycles. The Morgan fingerprint density at radius 1 is 1.04 bits per heavy atom. The Balaban J connectivity index is 1.40. The molecule has 2 heterocycles. The Kier molecular flexibility index (Phi) is 4.81. The molecular formula is C19H20FN4OS+. The van der Waals surface area contributed by atoms with Crippen LogP contribution in [0.1, 0.15) is 0 Å². The summed E-state index contributed by atoms with van der Waals surface area (Å²) in [4.78, 5) is 4.07. The second-order valence-corrected chi connectivity index (χ2v) is 6.76. The van der Waals surface area contributed by atoms with E-state index in [1.165, 1.54) is 17.0 Å². The van der Waals surface area contributed by atoms with Crippen molar-refractivity contribution in [2.45, 2.75) is 6.67 Å². The summed E-state index contributed by atoms with van der Waals surface area (Å²) in [5.41, 5.74) is 1.99. The van der Waals surface area contributed by atoms with Crippen molar-refractivity contribution in [3.8, 4) is 11.5 Å². The molecule has 134 valence electrons. The fraction of sp³-hybridized carbons (Fsp3) is 0.263. The molecule has 0 unspecified atom stereocenters. The number of rotatable bonds is 4. The van der Waals surface area contributed by atoms with E-state index < -0.39 is 0 Å². The Labute approximate surface area is 156 Å². The van der Waals surface area contributed by atoms with Crippen LogP contribution in [-0.4, -0.2) is 36.0 Å². The number of quaternary nitrogens is 1. The summed E-state index contributed by atoms with van der Waals surface area (Å²) in [5, 5.41) is 4.53. The SMILES string of the molecule is Fc1ccc(N2CC[NH+](Cn3nc(-c4ccccc4)oc3=S)CC2)cc1. The van der Waals surface area contributed by atoms with Gasteiger partial charge in [-0.2, -0.15) is 4.68 Å². The van der Waals surface area contributed by atoms with Gasteiger partial charge in [0.2, 0.25) is 5.89 Å². The number of halogens is 1. The van der Waals surface area contributed by atoms with Crippen molar-refractivity contribution in [3.63, 3.8) is 0 Å². The molecule has 0 radical (unpaired) electrons. The largest absolute Gasteiger partial charge is 0.409 e. The van der Waals surface area contributed by atoms with Gasteiger partial charge in [-0.15, -0.1) is 5.10 Å². The van der Waals surface area contributed by atoms with E-state index in [9.17, 15) is 4.39 Å². The number of hydrogen-bond donors (Lipinski definition) is 1. The van der Waals surface area contributed by atoms with Crippen LogP contribution in [0.3, 0.4) is 0 Å². The molecule has 3 aromatic rings. The lowest BCUT2D eigenvalue weighted by atomic mass is 10.2. The average Bonchev–Trinajstić information content (AvgIpc) is 3.04. The number of anilines is 1. The van der Waals surface area contributed by atoms with Crippen LogP contribution in [0.5, 0.6) is 0 Å². The van der Waals surface area contributed by atoms with E-state index >= 15 is 0 Å². The fourth-order valence-electron chi connectivity index (χ4n) is 3.21. The van der Waals surface area contributed by atoms with Gasteiger partial charge in [-0.25, -0.2) is 4.39 Å². The van der Waals surface area contributed by atoms with Crippen LogP contribution in [0.2, 0.25) is 0 Å². The predicted molar refractivity (Wildman–Crippen MR) is 100 cm³/mol. The molecule has 1 aliphatic heterocycles. The maximum atomic E-state index is 13.1. The highest BCUT2D eigenvalue weighted by atomic mass is 32.1. The van der Waals surface area contributed by atoms with Crippen LogP contribution in [0, 0.1) is 10.7 Å². The lowest BCUT2D eigenvalue weighted by Crippen LogP contribution is -3.14. The van der Waals surface area contributed by atoms with Gasteiger partial charge in [0.25, 0.3) is 4.84 Å². The molecule has 0 amide bonds. The van der Waals surface area contributed by atoms with E-state index in [1.54, 1.807) is 4.68 Å². The van der Waals surface area contributed by atoms with Gasteiger partial charge in [0, 0.05) is 11.3 Å². The minimum absolute atomic E-state index is 0.201. The summed E-state index contributed by atoms with van der Waals surface area (Å²) < 4.78 is 20.5. The Bertz CT molecular complexity index is 915. The van der Waals surface area contributed by atoms with Crippen LogP contribution in [0.15, 0.2) is 59.0 Å². The summed E-state index contributed by atoms with van der Waals surface area (Å²) in [5.74, 6) is 0.354. The summed E-state index contributed by atoms with van der Waals surface area (Å²) in [6.45, 7) is 4.45. The Morgan fingerprint density at radius 3 is 2.42 bits per heavy atom. The van der Waals surface area contributed by atoms with Gasteiger partial charge < -0.3 is 14.2 Å². The normalized spacial score (nSPS) is 15.3. The van der Waals surface area contributed by atoms with Crippen LogP contribution in [0.4, 0.5) is 10.1 Å². The fourth-order valence-corrected chi connectivity index (χ4v) is 3.39. The molecule has 1 aliphatic rings. The maximum absolute atomic E-state index is 13.1. The zero-order valence-electron chi connectivity index (χ0n) is 14.3. The van der Waals surface area contributed by atoms with Gasteiger partial charge >= 0.3 is 0 Å². The highest BCUT2D eigenvalue weighted by molar-refractivity contribution is 7.71.